The smallest absolute Gasteiger partial charge is 0.326 e. The lowest BCUT2D eigenvalue weighted by Crippen LogP contribution is -2.41. The molecule has 3 N–H and O–H groups in total. The van der Waals surface area contributed by atoms with E-state index in [4.69, 9.17) is 4.74 Å². The van der Waals surface area contributed by atoms with Crippen LogP contribution in [0.4, 0.5) is 17.2 Å². The van der Waals surface area contributed by atoms with Crippen molar-refractivity contribution in [3.8, 4) is 5.75 Å². The largest absolute Gasteiger partial charge is 0.488 e. The fourth-order valence-electron chi connectivity index (χ4n) is 3.57. The number of anilines is 3. The van der Waals surface area contributed by atoms with Gasteiger partial charge in [-0.1, -0.05) is 12.1 Å². The molecule has 9 heteroatoms. The van der Waals surface area contributed by atoms with Gasteiger partial charge in [-0.25, -0.2) is 9.78 Å². The Morgan fingerprint density at radius 3 is 2.61 bits per heavy atom. The number of nitrogens with zero attached hydrogens (tertiary/aromatic N) is 2. The van der Waals surface area contributed by atoms with Gasteiger partial charge in [0, 0.05) is 35.6 Å². The highest BCUT2D eigenvalue weighted by Crippen LogP contribution is 2.25. The number of aryl methyl sites for hydroxylation is 1. The number of hydrogen-bond donors (Lipinski definition) is 3. The first-order valence-electron chi connectivity index (χ1n) is 10.4. The van der Waals surface area contributed by atoms with Gasteiger partial charge < -0.3 is 20.5 Å². The SMILES string of the molecule is CCOc1c(NC(Cc2ccc(Nc3nc(C)cc4ccncc34)cc2)C(=O)O)c(=O)c1=O. The third-order valence-corrected chi connectivity index (χ3v) is 5.19. The molecule has 9 nitrogen and oxygen atoms in total. The molecule has 168 valence electrons. The van der Waals surface area contributed by atoms with Crippen molar-refractivity contribution < 1.29 is 14.6 Å². The highest BCUT2D eigenvalue weighted by Gasteiger charge is 2.27. The van der Waals surface area contributed by atoms with Gasteiger partial charge in [0.25, 0.3) is 10.9 Å². The van der Waals surface area contributed by atoms with Crippen molar-refractivity contribution in [3.63, 3.8) is 0 Å². The van der Waals surface area contributed by atoms with E-state index in [0.29, 0.717) is 5.82 Å². The van der Waals surface area contributed by atoms with E-state index < -0.39 is 22.9 Å². The average Bonchev–Trinajstić information content (AvgIpc) is 2.81. The molecule has 0 radical (unpaired) electrons. The van der Waals surface area contributed by atoms with Gasteiger partial charge in [-0.05, 0) is 49.1 Å². The third-order valence-electron chi connectivity index (χ3n) is 5.19. The molecule has 0 spiro atoms. The maximum Gasteiger partial charge on any atom is 0.326 e. The lowest BCUT2D eigenvalue weighted by atomic mass is 10.0. The van der Waals surface area contributed by atoms with Gasteiger partial charge in [0.05, 0.1) is 6.61 Å². The van der Waals surface area contributed by atoms with Crippen molar-refractivity contribution in [3.05, 3.63) is 80.5 Å². The number of ether oxygens (including phenoxy) is 1. The van der Waals surface area contributed by atoms with Crippen LogP contribution in [0.1, 0.15) is 18.2 Å². The molecule has 2 aromatic carbocycles. The van der Waals surface area contributed by atoms with Crippen LogP contribution in [0.5, 0.6) is 5.75 Å². The number of pyridine rings is 2. The zero-order valence-electron chi connectivity index (χ0n) is 18.1. The lowest BCUT2D eigenvalue weighted by molar-refractivity contribution is -0.137. The molecule has 0 aliphatic heterocycles. The van der Waals surface area contributed by atoms with Gasteiger partial charge in [0.1, 0.15) is 17.5 Å². The average molecular weight is 446 g/mol. The highest BCUT2D eigenvalue weighted by molar-refractivity contribution is 5.92. The zero-order chi connectivity index (χ0) is 23.5. The predicted octanol–water partition coefficient (Wildman–Crippen LogP) is 2.78. The highest BCUT2D eigenvalue weighted by atomic mass is 16.5. The maximum atomic E-state index is 11.8. The van der Waals surface area contributed by atoms with Crippen LogP contribution in [0.15, 0.2) is 58.4 Å². The number of fused-ring (bicyclic) bond motifs is 1. The van der Waals surface area contributed by atoms with Crippen LogP contribution in [0.25, 0.3) is 10.8 Å². The number of aliphatic carboxylic acids is 1. The molecule has 2 aromatic heterocycles. The van der Waals surface area contributed by atoms with Gasteiger partial charge in [-0.15, -0.1) is 0 Å². The Morgan fingerprint density at radius 2 is 1.91 bits per heavy atom. The summed E-state index contributed by atoms with van der Waals surface area (Å²) in [6.07, 6.45) is 3.59. The van der Waals surface area contributed by atoms with Crippen LogP contribution in [0, 0.1) is 6.92 Å². The van der Waals surface area contributed by atoms with Gasteiger partial charge in [0.15, 0.2) is 5.75 Å². The van der Waals surface area contributed by atoms with Crippen molar-refractivity contribution in [2.24, 2.45) is 0 Å². The second kappa shape index (κ2) is 9.07. The molecule has 0 saturated heterocycles. The normalized spacial score (nSPS) is 11.9. The first-order chi connectivity index (χ1) is 15.9. The summed E-state index contributed by atoms with van der Waals surface area (Å²) in [6.45, 7) is 3.80. The molecule has 4 aromatic rings. The quantitative estimate of drug-likeness (QED) is 0.332. The molecule has 0 saturated carbocycles. The zero-order valence-corrected chi connectivity index (χ0v) is 18.1. The minimum atomic E-state index is -1.14. The van der Waals surface area contributed by atoms with Gasteiger partial charge in [-0.2, -0.15) is 0 Å². The van der Waals surface area contributed by atoms with Crippen molar-refractivity contribution in [1.29, 1.82) is 0 Å². The standard InChI is InChI=1S/C24H22N4O5/c1-3-33-22-19(20(29)21(22)30)28-18(24(31)32)11-14-4-6-16(7-5-14)27-23-17-12-25-9-8-15(17)10-13(2)26-23/h4-10,12,18,28H,3,11H2,1-2H3,(H,26,27)(H,31,32). The summed E-state index contributed by atoms with van der Waals surface area (Å²) in [6, 6.07) is 10.0. The first-order valence-corrected chi connectivity index (χ1v) is 10.4. The van der Waals surface area contributed by atoms with Crippen LogP contribution in [0.2, 0.25) is 0 Å². The topological polar surface area (TPSA) is 131 Å². The fourth-order valence-corrected chi connectivity index (χ4v) is 3.57. The van der Waals surface area contributed by atoms with Crippen LogP contribution in [-0.2, 0) is 11.2 Å². The van der Waals surface area contributed by atoms with E-state index in [2.05, 4.69) is 20.6 Å². The van der Waals surface area contributed by atoms with Crippen LogP contribution in [0.3, 0.4) is 0 Å². The Labute approximate surface area is 188 Å². The Kier molecular flexibility index (Phi) is 6.03. The predicted molar refractivity (Wildman–Crippen MR) is 125 cm³/mol. The molecule has 0 aliphatic rings. The van der Waals surface area contributed by atoms with Crippen molar-refractivity contribution in [2.75, 3.05) is 17.2 Å². The molecule has 2 heterocycles. The van der Waals surface area contributed by atoms with E-state index in [1.165, 1.54) is 0 Å². The van der Waals surface area contributed by atoms with E-state index in [1.54, 1.807) is 31.5 Å². The van der Waals surface area contributed by atoms with Crippen LogP contribution in [-0.4, -0.2) is 33.7 Å². The summed E-state index contributed by atoms with van der Waals surface area (Å²) in [7, 11) is 0. The van der Waals surface area contributed by atoms with E-state index in [0.717, 1.165) is 27.7 Å². The summed E-state index contributed by atoms with van der Waals surface area (Å²) >= 11 is 0. The summed E-state index contributed by atoms with van der Waals surface area (Å²) in [5.41, 5.74) is 0.790. The van der Waals surface area contributed by atoms with Crippen molar-refractivity contribution in [2.45, 2.75) is 26.3 Å². The Morgan fingerprint density at radius 1 is 1.15 bits per heavy atom. The first kappa shape index (κ1) is 21.9. The van der Waals surface area contributed by atoms with E-state index in [-0.39, 0.29) is 24.5 Å². The van der Waals surface area contributed by atoms with Crippen molar-refractivity contribution >= 4 is 33.9 Å². The molecule has 33 heavy (non-hydrogen) atoms. The molecule has 0 fully saturated rings. The molecule has 0 amide bonds. The molecule has 4 rings (SSSR count). The Hall–Kier alpha value is -4.27. The number of aromatic nitrogens is 2. The van der Waals surface area contributed by atoms with E-state index >= 15 is 0 Å². The molecule has 1 unspecified atom stereocenters. The van der Waals surface area contributed by atoms with Gasteiger partial charge >= 0.3 is 5.97 Å². The second-order valence-electron chi connectivity index (χ2n) is 7.57. The van der Waals surface area contributed by atoms with Gasteiger partial charge in [0.2, 0.25) is 0 Å². The number of carbonyl (C=O) groups is 1. The second-order valence-corrected chi connectivity index (χ2v) is 7.57. The molecule has 0 aliphatic carbocycles. The Bertz CT molecular complexity index is 1390. The number of carboxylic acids is 1. The minimum absolute atomic E-state index is 0.0847. The summed E-state index contributed by atoms with van der Waals surface area (Å²) in [5, 5.41) is 17.4. The summed E-state index contributed by atoms with van der Waals surface area (Å²) in [5.74, 6) is -0.573. The maximum absolute atomic E-state index is 11.8. The molecule has 1 atom stereocenters. The number of benzene rings is 1. The third kappa shape index (κ3) is 4.52. The summed E-state index contributed by atoms with van der Waals surface area (Å²) in [4.78, 5) is 43.9. The monoisotopic (exact) mass is 446 g/mol. The number of rotatable bonds is 9. The number of nitrogens with one attached hydrogen (secondary N) is 2. The Balaban J connectivity index is 1.50. The molecule has 0 bridgehead atoms. The van der Waals surface area contributed by atoms with Crippen molar-refractivity contribution in [1.82, 2.24) is 9.97 Å². The minimum Gasteiger partial charge on any atom is -0.488 e. The van der Waals surface area contributed by atoms with Crippen LogP contribution >= 0.6 is 0 Å². The molecular formula is C24H22N4O5. The van der Waals surface area contributed by atoms with Gasteiger partial charge in [-0.3, -0.25) is 14.6 Å². The lowest BCUT2D eigenvalue weighted by Gasteiger charge is -2.19. The number of hydrogen-bond acceptors (Lipinski definition) is 8. The summed E-state index contributed by atoms with van der Waals surface area (Å²) < 4.78 is 5.15. The van der Waals surface area contributed by atoms with Crippen LogP contribution < -0.4 is 26.2 Å². The van der Waals surface area contributed by atoms with E-state index in [1.807, 2.05) is 31.2 Å². The fraction of sp³-hybridized carbons (Fsp3) is 0.208. The number of carboxylic acid groups (broad SMARTS) is 1. The molecular weight excluding hydrogens is 424 g/mol. The van der Waals surface area contributed by atoms with E-state index in [9.17, 15) is 19.5 Å².